The average molecular weight is 438 g/mol. The quantitative estimate of drug-likeness (QED) is 0.749. The number of para-hydroxylation sites is 1. The summed E-state index contributed by atoms with van der Waals surface area (Å²) in [6, 6.07) is 10.8. The van der Waals surface area contributed by atoms with E-state index >= 15 is 0 Å². The first-order valence-corrected chi connectivity index (χ1v) is 10.3. The van der Waals surface area contributed by atoms with Crippen molar-refractivity contribution in [3.8, 4) is 0 Å². The lowest BCUT2D eigenvalue weighted by atomic mass is 9.98. The molecule has 2 aliphatic heterocycles. The van der Waals surface area contributed by atoms with Crippen LogP contribution in [0.25, 0.3) is 0 Å². The van der Waals surface area contributed by atoms with Gasteiger partial charge in [0.1, 0.15) is 11.5 Å². The zero-order chi connectivity index (χ0) is 23.0. The minimum atomic E-state index is -0.862. The number of benzene rings is 2. The number of nitrogens with one attached hydrogen (secondary N) is 2. The van der Waals surface area contributed by atoms with E-state index in [0.717, 1.165) is 6.07 Å². The van der Waals surface area contributed by atoms with Gasteiger partial charge in [-0.1, -0.05) is 12.1 Å². The van der Waals surface area contributed by atoms with Gasteiger partial charge in [-0.05, 0) is 43.7 Å². The molecule has 4 amide bonds. The summed E-state index contributed by atoms with van der Waals surface area (Å²) in [6.07, 6.45) is 0.679. The van der Waals surface area contributed by atoms with Crippen LogP contribution in [-0.2, 0) is 14.4 Å². The van der Waals surface area contributed by atoms with E-state index in [-0.39, 0.29) is 36.4 Å². The second kappa shape index (κ2) is 8.07. The van der Waals surface area contributed by atoms with E-state index < -0.39 is 17.4 Å². The first-order valence-electron chi connectivity index (χ1n) is 10.3. The van der Waals surface area contributed by atoms with Gasteiger partial charge >= 0.3 is 0 Å². The third-order valence-electron chi connectivity index (χ3n) is 5.87. The van der Waals surface area contributed by atoms with E-state index in [1.807, 2.05) is 6.92 Å². The Kier molecular flexibility index (Phi) is 5.41. The predicted molar refractivity (Wildman–Crippen MR) is 117 cm³/mol. The van der Waals surface area contributed by atoms with Gasteiger partial charge in [0.2, 0.25) is 17.7 Å². The smallest absolute Gasteiger partial charge is 0.257 e. The Bertz CT molecular complexity index is 1130. The molecule has 8 nitrogen and oxygen atoms in total. The lowest BCUT2D eigenvalue weighted by Crippen LogP contribution is -2.62. The van der Waals surface area contributed by atoms with Gasteiger partial charge in [-0.2, -0.15) is 0 Å². The minimum absolute atomic E-state index is 0.0618. The van der Waals surface area contributed by atoms with Gasteiger partial charge in [0.15, 0.2) is 0 Å². The number of carbonyl (C=O) groups excluding carboxylic acids is 4. The van der Waals surface area contributed by atoms with Crippen LogP contribution in [0.1, 0.15) is 43.5 Å². The molecule has 2 aromatic carbocycles. The SMILES string of the molecule is CC(=O)Nc1ccc(F)c(NC(=O)CCN2C(=O)c3ccccc3N3C(=O)CCC23C)c1. The van der Waals surface area contributed by atoms with Crippen molar-refractivity contribution in [2.45, 2.75) is 38.8 Å². The molecule has 0 radical (unpaired) electrons. The summed E-state index contributed by atoms with van der Waals surface area (Å²) in [6.45, 7) is 3.21. The van der Waals surface area contributed by atoms with Crippen LogP contribution in [0.5, 0.6) is 0 Å². The molecule has 2 N–H and O–H groups in total. The van der Waals surface area contributed by atoms with Crippen molar-refractivity contribution < 1.29 is 23.6 Å². The third kappa shape index (κ3) is 3.70. The predicted octanol–water partition coefficient (Wildman–Crippen LogP) is 3.11. The van der Waals surface area contributed by atoms with Crippen LogP contribution in [0.4, 0.5) is 21.5 Å². The Labute approximate surface area is 184 Å². The molecular formula is C23H23FN4O4. The van der Waals surface area contributed by atoms with E-state index in [1.165, 1.54) is 19.1 Å². The number of amides is 4. The fourth-order valence-corrected chi connectivity index (χ4v) is 4.37. The highest BCUT2D eigenvalue weighted by atomic mass is 19.1. The highest BCUT2D eigenvalue weighted by Crippen LogP contribution is 2.43. The van der Waals surface area contributed by atoms with Crippen LogP contribution in [-0.4, -0.2) is 40.7 Å². The van der Waals surface area contributed by atoms with Gasteiger partial charge in [0.25, 0.3) is 5.91 Å². The van der Waals surface area contributed by atoms with Crippen LogP contribution >= 0.6 is 0 Å². The summed E-state index contributed by atoms with van der Waals surface area (Å²) in [4.78, 5) is 52.8. The molecule has 0 saturated carbocycles. The summed E-state index contributed by atoms with van der Waals surface area (Å²) in [7, 11) is 0. The Morgan fingerprint density at radius 3 is 2.62 bits per heavy atom. The maximum Gasteiger partial charge on any atom is 0.257 e. The van der Waals surface area contributed by atoms with Gasteiger partial charge in [-0.15, -0.1) is 0 Å². The molecule has 9 heteroatoms. The monoisotopic (exact) mass is 438 g/mol. The van der Waals surface area contributed by atoms with Crippen molar-refractivity contribution in [2.24, 2.45) is 0 Å². The fraction of sp³-hybridized carbons (Fsp3) is 0.304. The van der Waals surface area contributed by atoms with E-state index in [2.05, 4.69) is 10.6 Å². The Hall–Kier alpha value is -3.75. The standard InChI is InChI=1S/C23H23FN4O4/c1-14(29)25-15-7-8-17(24)18(13-15)26-20(30)10-12-27-22(32)16-5-3-4-6-19(16)28-21(31)9-11-23(27,28)2/h3-8,13H,9-12H2,1-2H3,(H,25,29)(H,26,30). The largest absolute Gasteiger partial charge is 0.326 e. The number of hydrogen-bond donors (Lipinski definition) is 2. The van der Waals surface area contributed by atoms with Crippen molar-refractivity contribution in [3.05, 3.63) is 53.8 Å². The van der Waals surface area contributed by atoms with Gasteiger partial charge in [-0.3, -0.25) is 24.1 Å². The molecule has 1 atom stereocenters. The minimum Gasteiger partial charge on any atom is -0.326 e. The molecule has 0 spiro atoms. The Morgan fingerprint density at radius 1 is 1.12 bits per heavy atom. The van der Waals surface area contributed by atoms with Crippen LogP contribution < -0.4 is 15.5 Å². The average Bonchev–Trinajstić information content (AvgIpc) is 3.05. The lowest BCUT2D eigenvalue weighted by Gasteiger charge is -2.48. The zero-order valence-corrected chi connectivity index (χ0v) is 17.8. The molecule has 2 heterocycles. The summed E-state index contributed by atoms with van der Waals surface area (Å²) >= 11 is 0. The molecule has 1 saturated heterocycles. The van der Waals surface area contributed by atoms with E-state index in [1.54, 1.807) is 34.1 Å². The highest BCUT2D eigenvalue weighted by Gasteiger charge is 2.52. The molecule has 4 rings (SSSR count). The molecule has 0 bridgehead atoms. The Balaban J connectivity index is 1.51. The molecule has 32 heavy (non-hydrogen) atoms. The fourth-order valence-electron chi connectivity index (χ4n) is 4.37. The van der Waals surface area contributed by atoms with Crippen LogP contribution in [0.3, 0.4) is 0 Å². The number of hydrogen-bond acceptors (Lipinski definition) is 4. The van der Waals surface area contributed by atoms with Gasteiger partial charge in [-0.25, -0.2) is 4.39 Å². The molecule has 166 valence electrons. The topological polar surface area (TPSA) is 98.8 Å². The molecule has 0 aromatic heterocycles. The number of anilines is 3. The van der Waals surface area contributed by atoms with Gasteiger partial charge < -0.3 is 15.5 Å². The van der Waals surface area contributed by atoms with Crippen LogP contribution in [0, 0.1) is 5.82 Å². The van der Waals surface area contributed by atoms with E-state index in [9.17, 15) is 23.6 Å². The first-order chi connectivity index (χ1) is 15.2. The zero-order valence-electron chi connectivity index (χ0n) is 17.8. The van der Waals surface area contributed by atoms with Crippen molar-refractivity contribution in [1.29, 1.82) is 0 Å². The van der Waals surface area contributed by atoms with E-state index in [0.29, 0.717) is 29.8 Å². The molecular weight excluding hydrogens is 415 g/mol. The maximum absolute atomic E-state index is 14.1. The molecule has 1 fully saturated rings. The van der Waals surface area contributed by atoms with Gasteiger partial charge in [0.05, 0.1) is 16.9 Å². The van der Waals surface area contributed by atoms with Crippen molar-refractivity contribution >= 4 is 40.7 Å². The van der Waals surface area contributed by atoms with E-state index in [4.69, 9.17) is 0 Å². The third-order valence-corrected chi connectivity index (χ3v) is 5.87. The number of nitrogens with zero attached hydrogens (tertiary/aromatic N) is 2. The van der Waals surface area contributed by atoms with Crippen molar-refractivity contribution in [3.63, 3.8) is 0 Å². The summed E-state index contributed by atoms with van der Waals surface area (Å²) in [5.74, 6) is -1.77. The molecule has 1 unspecified atom stereocenters. The second-order valence-corrected chi connectivity index (χ2v) is 8.09. The highest BCUT2D eigenvalue weighted by molar-refractivity contribution is 6.10. The second-order valence-electron chi connectivity index (χ2n) is 8.09. The number of carbonyl (C=O) groups is 4. The summed E-state index contributed by atoms with van der Waals surface area (Å²) < 4.78 is 14.1. The number of fused-ring (bicyclic) bond motifs is 3. The normalized spacial score (nSPS) is 19.5. The molecule has 2 aliphatic rings. The molecule has 2 aromatic rings. The number of rotatable bonds is 5. The van der Waals surface area contributed by atoms with Crippen LogP contribution in [0.15, 0.2) is 42.5 Å². The van der Waals surface area contributed by atoms with Gasteiger partial charge in [0, 0.05) is 32.0 Å². The lowest BCUT2D eigenvalue weighted by molar-refractivity contribution is -0.118. The maximum atomic E-state index is 14.1. The number of halogens is 1. The van der Waals surface area contributed by atoms with Crippen molar-refractivity contribution in [1.82, 2.24) is 4.90 Å². The summed E-state index contributed by atoms with van der Waals surface area (Å²) in [5.41, 5.74) is 0.416. The molecule has 0 aliphatic carbocycles. The first kappa shape index (κ1) is 21.5. The van der Waals surface area contributed by atoms with Crippen LogP contribution in [0.2, 0.25) is 0 Å². The van der Waals surface area contributed by atoms with Crippen molar-refractivity contribution in [2.75, 3.05) is 22.1 Å². The summed E-state index contributed by atoms with van der Waals surface area (Å²) in [5, 5.41) is 5.03. The Morgan fingerprint density at radius 2 is 1.88 bits per heavy atom.